The highest BCUT2D eigenvalue weighted by Gasteiger charge is 2.32. The zero-order valence-corrected chi connectivity index (χ0v) is 13.3. The molecule has 0 bridgehead atoms. The van der Waals surface area contributed by atoms with Gasteiger partial charge in [-0.2, -0.15) is 0 Å². The molecule has 2 aliphatic rings. The molecule has 1 amide bonds. The molecule has 0 aromatic heterocycles. The number of hydrogen-bond acceptors (Lipinski definition) is 2. The van der Waals surface area contributed by atoms with Crippen LogP contribution < -0.4 is 5.32 Å². The fourth-order valence-electron chi connectivity index (χ4n) is 3.11. The number of halogens is 1. The van der Waals surface area contributed by atoms with Crippen molar-refractivity contribution in [1.82, 2.24) is 4.90 Å². The number of nitrogens with one attached hydrogen (secondary N) is 1. The largest absolute Gasteiger partial charge is 0.326 e. The highest BCUT2D eigenvalue weighted by molar-refractivity contribution is 6.31. The molecule has 2 fully saturated rings. The van der Waals surface area contributed by atoms with Crippen molar-refractivity contribution in [3.8, 4) is 0 Å². The molecule has 1 N–H and O–H groups in total. The van der Waals surface area contributed by atoms with Gasteiger partial charge >= 0.3 is 0 Å². The summed E-state index contributed by atoms with van der Waals surface area (Å²) < 4.78 is 0. The first-order chi connectivity index (χ1) is 10.1. The number of likely N-dealkylation sites (tertiary alicyclic amines) is 1. The van der Waals surface area contributed by atoms with Gasteiger partial charge < -0.3 is 10.2 Å². The minimum atomic E-state index is 0.111. The number of aryl methyl sites for hydroxylation is 1. The van der Waals surface area contributed by atoms with Crippen LogP contribution in [0.15, 0.2) is 18.2 Å². The number of piperidine rings is 1. The van der Waals surface area contributed by atoms with Gasteiger partial charge in [0.15, 0.2) is 0 Å². The number of nitrogens with zero attached hydrogens (tertiary/aromatic N) is 1. The zero-order chi connectivity index (χ0) is 14.8. The van der Waals surface area contributed by atoms with Crippen LogP contribution in [0.25, 0.3) is 0 Å². The molecule has 21 heavy (non-hydrogen) atoms. The number of anilines is 1. The van der Waals surface area contributed by atoms with E-state index in [0.29, 0.717) is 17.4 Å². The van der Waals surface area contributed by atoms with Crippen molar-refractivity contribution in [2.24, 2.45) is 5.92 Å². The van der Waals surface area contributed by atoms with Crippen molar-refractivity contribution in [3.63, 3.8) is 0 Å². The number of carbonyl (C=O) groups excluding carboxylic acids is 1. The number of rotatable bonds is 4. The first kappa shape index (κ1) is 14.9. The average Bonchev–Trinajstić information content (AvgIpc) is 3.28. The lowest BCUT2D eigenvalue weighted by Crippen LogP contribution is -2.36. The Balaban J connectivity index is 1.46. The van der Waals surface area contributed by atoms with Crippen LogP contribution in [0.5, 0.6) is 0 Å². The molecule has 114 valence electrons. The summed E-state index contributed by atoms with van der Waals surface area (Å²) in [5.74, 6) is 0.640. The summed E-state index contributed by atoms with van der Waals surface area (Å²) in [5.41, 5.74) is 1.83. The van der Waals surface area contributed by atoms with Crippen molar-refractivity contribution in [2.75, 3.05) is 18.4 Å². The van der Waals surface area contributed by atoms with Gasteiger partial charge in [-0.15, -0.1) is 0 Å². The van der Waals surface area contributed by atoms with Crippen LogP contribution >= 0.6 is 11.6 Å². The van der Waals surface area contributed by atoms with Crippen molar-refractivity contribution in [2.45, 2.75) is 45.1 Å². The van der Waals surface area contributed by atoms with Crippen LogP contribution in [-0.4, -0.2) is 29.9 Å². The van der Waals surface area contributed by atoms with Gasteiger partial charge in [-0.05, 0) is 69.3 Å². The van der Waals surface area contributed by atoms with E-state index in [9.17, 15) is 4.79 Å². The summed E-state index contributed by atoms with van der Waals surface area (Å²) >= 11 is 6.08. The van der Waals surface area contributed by atoms with Gasteiger partial charge in [-0.25, -0.2) is 0 Å². The van der Waals surface area contributed by atoms with Gasteiger partial charge in [0.2, 0.25) is 5.91 Å². The van der Waals surface area contributed by atoms with Gasteiger partial charge in [0, 0.05) is 23.2 Å². The van der Waals surface area contributed by atoms with Gasteiger partial charge in [-0.3, -0.25) is 4.79 Å². The highest BCUT2D eigenvalue weighted by Crippen LogP contribution is 2.31. The Morgan fingerprint density at radius 2 is 2.00 bits per heavy atom. The van der Waals surface area contributed by atoms with Crippen LogP contribution in [-0.2, 0) is 4.79 Å². The molecule has 0 unspecified atom stereocenters. The van der Waals surface area contributed by atoms with E-state index < -0.39 is 0 Å². The molecule has 3 rings (SSSR count). The standard InChI is InChI=1S/C17H23ClN2O/c1-12-2-3-14(11-16(12)18)19-17(21)10-13-6-8-20(9-7-13)15-4-5-15/h2-3,11,13,15H,4-10H2,1H3,(H,19,21). The predicted octanol–water partition coefficient (Wildman–Crippen LogP) is 3.85. The van der Waals surface area contributed by atoms with E-state index in [1.165, 1.54) is 25.9 Å². The lowest BCUT2D eigenvalue weighted by atomic mass is 9.93. The molecule has 1 aliphatic heterocycles. The van der Waals surface area contributed by atoms with Crippen molar-refractivity contribution < 1.29 is 4.79 Å². The van der Waals surface area contributed by atoms with Gasteiger partial charge in [0.05, 0.1) is 0 Å². The quantitative estimate of drug-likeness (QED) is 0.916. The molecule has 0 spiro atoms. The minimum absolute atomic E-state index is 0.111. The lowest BCUT2D eigenvalue weighted by molar-refractivity contribution is -0.117. The summed E-state index contributed by atoms with van der Waals surface area (Å²) in [7, 11) is 0. The smallest absolute Gasteiger partial charge is 0.224 e. The fourth-order valence-corrected chi connectivity index (χ4v) is 3.29. The Kier molecular flexibility index (Phi) is 4.51. The van der Waals surface area contributed by atoms with Crippen LogP contribution in [0.3, 0.4) is 0 Å². The molecular weight excluding hydrogens is 284 g/mol. The van der Waals surface area contributed by atoms with E-state index in [1.807, 2.05) is 25.1 Å². The first-order valence-electron chi connectivity index (χ1n) is 7.92. The number of benzene rings is 1. The van der Waals surface area contributed by atoms with E-state index in [-0.39, 0.29) is 5.91 Å². The normalized spacial score (nSPS) is 20.5. The maximum absolute atomic E-state index is 12.1. The van der Waals surface area contributed by atoms with Crippen LogP contribution in [0.1, 0.15) is 37.7 Å². The minimum Gasteiger partial charge on any atom is -0.326 e. The van der Waals surface area contributed by atoms with Crippen LogP contribution in [0, 0.1) is 12.8 Å². The highest BCUT2D eigenvalue weighted by atomic mass is 35.5. The second-order valence-corrected chi connectivity index (χ2v) is 6.83. The fraction of sp³-hybridized carbons (Fsp3) is 0.588. The van der Waals surface area contributed by atoms with Crippen molar-refractivity contribution >= 4 is 23.2 Å². The monoisotopic (exact) mass is 306 g/mol. The van der Waals surface area contributed by atoms with Crippen LogP contribution in [0.4, 0.5) is 5.69 Å². The molecule has 3 nitrogen and oxygen atoms in total. The molecule has 1 aromatic carbocycles. The Hall–Kier alpha value is -1.06. The summed E-state index contributed by atoms with van der Waals surface area (Å²) in [4.78, 5) is 14.7. The van der Waals surface area contributed by atoms with E-state index in [0.717, 1.165) is 30.1 Å². The predicted molar refractivity (Wildman–Crippen MR) is 86.8 cm³/mol. The molecule has 4 heteroatoms. The Labute approximate surface area is 131 Å². The van der Waals surface area contributed by atoms with Gasteiger partial charge in [0.25, 0.3) is 0 Å². The van der Waals surface area contributed by atoms with E-state index in [4.69, 9.17) is 11.6 Å². The molecule has 1 heterocycles. The Morgan fingerprint density at radius 3 is 2.62 bits per heavy atom. The SMILES string of the molecule is Cc1ccc(NC(=O)CC2CCN(C3CC3)CC2)cc1Cl. The van der Waals surface area contributed by atoms with E-state index >= 15 is 0 Å². The van der Waals surface area contributed by atoms with Crippen molar-refractivity contribution in [3.05, 3.63) is 28.8 Å². The second kappa shape index (κ2) is 6.37. The van der Waals surface area contributed by atoms with Crippen LogP contribution in [0.2, 0.25) is 5.02 Å². The molecule has 0 radical (unpaired) electrons. The molecule has 1 aromatic rings. The summed E-state index contributed by atoms with van der Waals surface area (Å²) in [6.07, 6.45) is 5.68. The number of amides is 1. The second-order valence-electron chi connectivity index (χ2n) is 6.43. The first-order valence-corrected chi connectivity index (χ1v) is 8.29. The molecule has 1 saturated heterocycles. The third-order valence-corrected chi connectivity index (χ3v) is 5.05. The van der Waals surface area contributed by atoms with Crippen molar-refractivity contribution in [1.29, 1.82) is 0 Å². The molecule has 1 aliphatic carbocycles. The molecule has 1 saturated carbocycles. The van der Waals surface area contributed by atoms with Gasteiger partial charge in [0.1, 0.15) is 0 Å². The Morgan fingerprint density at radius 1 is 1.29 bits per heavy atom. The number of carbonyl (C=O) groups is 1. The topological polar surface area (TPSA) is 32.3 Å². The van der Waals surface area contributed by atoms with E-state index in [1.54, 1.807) is 0 Å². The Bertz CT molecular complexity index is 520. The maximum atomic E-state index is 12.1. The summed E-state index contributed by atoms with van der Waals surface area (Å²) in [5, 5.41) is 3.67. The van der Waals surface area contributed by atoms with Gasteiger partial charge in [-0.1, -0.05) is 17.7 Å². The third kappa shape index (κ3) is 3.98. The zero-order valence-electron chi connectivity index (χ0n) is 12.6. The lowest BCUT2D eigenvalue weighted by Gasteiger charge is -2.31. The maximum Gasteiger partial charge on any atom is 0.224 e. The molecular formula is C17H23ClN2O. The number of hydrogen-bond donors (Lipinski definition) is 1. The summed E-state index contributed by atoms with van der Waals surface area (Å²) in [6, 6.07) is 6.53. The molecule has 0 atom stereocenters. The van der Waals surface area contributed by atoms with E-state index in [2.05, 4.69) is 10.2 Å². The third-order valence-electron chi connectivity index (χ3n) is 4.64. The summed E-state index contributed by atoms with van der Waals surface area (Å²) in [6.45, 7) is 4.29. The average molecular weight is 307 g/mol.